The van der Waals surface area contributed by atoms with Crippen molar-refractivity contribution < 1.29 is 9.13 Å². The molecule has 1 aliphatic rings. The number of fused-ring (bicyclic) bond motifs is 1. The average Bonchev–Trinajstić information content (AvgIpc) is 3.01. The van der Waals surface area contributed by atoms with Crippen LogP contribution in [0.3, 0.4) is 0 Å². The van der Waals surface area contributed by atoms with Crippen LogP contribution in [0.2, 0.25) is 5.15 Å². The number of nitrogens with two attached hydrogens (primary N) is 1. The first-order valence-electron chi connectivity index (χ1n) is 7.76. The topological polar surface area (TPSA) is 78.8 Å². The van der Waals surface area contributed by atoms with Gasteiger partial charge in [0.1, 0.15) is 18.0 Å². The molecule has 8 heteroatoms. The number of nitrogens with zero attached hydrogens (tertiary/aromatic N) is 4. The number of ether oxygens (including phenoxy) is 1. The van der Waals surface area contributed by atoms with Crippen molar-refractivity contribution in [1.82, 2.24) is 19.5 Å². The van der Waals surface area contributed by atoms with Crippen LogP contribution in [-0.4, -0.2) is 32.3 Å². The number of aromatic nitrogens is 4. The van der Waals surface area contributed by atoms with Crippen molar-refractivity contribution in [2.45, 2.75) is 12.8 Å². The number of alkyl halides is 1. The number of anilines is 1. The Hall–Kier alpha value is -2.51. The minimum Gasteiger partial charge on any atom is -0.376 e. The van der Waals surface area contributed by atoms with Gasteiger partial charge in [-0.25, -0.2) is 9.37 Å². The van der Waals surface area contributed by atoms with Crippen LogP contribution >= 0.6 is 11.6 Å². The molecular formula is C17H15ClFN5O. The van der Waals surface area contributed by atoms with Crippen LogP contribution in [0.1, 0.15) is 5.56 Å². The zero-order valence-electron chi connectivity index (χ0n) is 13.1. The highest BCUT2D eigenvalue weighted by Gasteiger charge is 2.45. The fraction of sp³-hybridized carbons (Fsp3) is 0.235. The highest BCUT2D eigenvalue weighted by Crippen LogP contribution is 2.42. The molecule has 0 unspecified atom stereocenters. The number of imidazole rings is 1. The lowest BCUT2D eigenvalue weighted by atomic mass is 10.2. The molecule has 2 atom stereocenters. The van der Waals surface area contributed by atoms with Crippen LogP contribution in [0, 0.1) is 5.92 Å². The molecule has 0 bridgehead atoms. The summed E-state index contributed by atoms with van der Waals surface area (Å²) in [6, 6.07) is 9.79. The smallest absolute Gasteiger partial charge is 0.223 e. The van der Waals surface area contributed by atoms with E-state index >= 15 is 0 Å². The van der Waals surface area contributed by atoms with Crippen LogP contribution in [0.25, 0.3) is 17.4 Å². The molecule has 0 saturated heterocycles. The van der Waals surface area contributed by atoms with Crippen molar-refractivity contribution >= 4 is 34.9 Å². The predicted octanol–water partition coefficient (Wildman–Crippen LogP) is 3.09. The summed E-state index contributed by atoms with van der Waals surface area (Å²) in [6.45, 7) is 0.789. The molecule has 1 saturated carbocycles. The van der Waals surface area contributed by atoms with Gasteiger partial charge in [-0.05, 0) is 11.1 Å². The van der Waals surface area contributed by atoms with Crippen molar-refractivity contribution in [3.05, 3.63) is 52.9 Å². The minimum atomic E-state index is -1.03. The Bertz CT molecular complexity index is 943. The highest BCUT2D eigenvalue weighted by atomic mass is 35.5. The maximum Gasteiger partial charge on any atom is 0.223 e. The second-order valence-electron chi connectivity index (χ2n) is 5.83. The predicted molar refractivity (Wildman–Crippen MR) is 93.5 cm³/mol. The van der Waals surface area contributed by atoms with Crippen molar-refractivity contribution in [3.8, 4) is 0 Å². The Morgan fingerprint density at radius 3 is 2.88 bits per heavy atom. The molecule has 1 fully saturated rings. The van der Waals surface area contributed by atoms with E-state index in [-0.39, 0.29) is 17.0 Å². The number of hydrogen-bond acceptors (Lipinski definition) is 5. The lowest BCUT2D eigenvalue weighted by molar-refractivity contribution is 0.107. The van der Waals surface area contributed by atoms with Gasteiger partial charge >= 0.3 is 0 Å². The third-order valence-corrected chi connectivity index (χ3v) is 4.35. The van der Waals surface area contributed by atoms with Crippen LogP contribution in [0.4, 0.5) is 10.3 Å². The molecule has 4 rings (SSSR count). The molecule has 6 nitrogen and oxygen atoms in total. The van der Waals surface area contributed by atoms with Gasteiger partial charge in [-0.2, -0.15) is 9.97 Å². The lowest BCUT2D eigenvalue weighted by Crippen LogP contribution is -1.99. The van der Waals surface area contributed by atoms with E-state index < -0.39 is 6.17 Å². The van der Waals surface area contributed by atoms with Crippen LogP contribution in [-0.2, 0) is 11.3 Å². The average molecular weight is 360 g/mol. The molecule has 0 spiro atoms. The van der Waals surface area contributed by atoms with Gasteiger partial charge in [-0.15, -0.1) is 0 Å². The molecule has 1 aliphatic carbocycles. The molecule has 2 heterocycles. The van der Waals surface area contributed by atoms with Gasteiger partial charge in [0.05, 0.1) is 13.2 Å². The molecule has 0 radical (unpaired) electrons. The zero-order valence-corrected chi connectivity index (χ0v) is 13.9. The SMILES string of the molecule is Nc1nc(Cl)c2ncn(/C=C3\[C@H](F)[C@H]3COCc3ccccc3)c2n1. The van der Waals surface area contributed by atoms with Gasteiger partial charge in [0.15, 0.2) is 10.8 Å². The first-order valence-corrected chi connectivity index (χ1v) is 8.14. The van der Waals surface area contributed by atoms with E-state index in [1.807, 2.05) is 30.3 Å². The molecule has 0 amide bonds. The molecule has 25 heavy (non-hydrogen) atoms. The number of hydrogen-bond donors (Lipinski definition) is 1. The van der Waals surface area contributed by atoms with Crippen LogP contribution in [0.15, 0.2) is 42.2 Å². The summed E-state index contributed by atoms with van der Waals surface area (Å²) in [5, 5.41) is 0.176. The highest BCUT2D eigenvalue weighted by molar-refractivity contribution is 6.33. The molecule has 1 aromatic carbocycles. The standard InChI is InChI=1S/C17H15ClFN5O/c18-15-14-16(23-17(20)22-15)24(9-21-14)6-11-12(13(11)19)8-25-7-10-4-2-1-3-5-10/h1-6,9,12-13H,7-8H2,(H2,20,22,23)/b11-6-/t12-,13-/m0/s1. The van der Waals surface area contributed by atoms with Gasteiger partial charge in [0.2, 0.25) is 5.95 Å². The van der Waals surface area contributed by atoms with Crippen molar-refractivity contribution in [1.29, 1.82) is 0 Å². The number of halogens is 2. The summed E-state index contributed by atoms with van der Waals surface area (Å²) < 4.78 is 21.3. The fourth-order valence-electron chi connectivity index (χ4n) is 2.68. The normalized spacial score (nSPS) is 21.1. The maximum absolute atomic E-state index is 14.1. The first kappa shape index (κ1) is 16.0. The van der Waals surface area contributed by atoms with E-state index in [4.69, 9.17) is 22.1 Å². The number of rotatable bonds is 5. The Labute approximate surface area is 148 Å². The van der Waals surface area contributed by atoms with Gasteiger partial charge in [-0.3, -0.25) is 4.57 Å². The quantitative estimate of drug-likeness (QED) is 0.708. The second-order valence-corrected chi connectivity index (χ2v) is 6.19. The summed E-state index contributed by atoms with van der Waals surface area (Å²) in [5.41, 5.74) is 8.20. The van der Waals surface area contributed by atoms with E-state index in [1.54, 1.807) is 10.8 Å². The largest absolute Gasteiger partial charge is 0.376 e. The first-order chi connectivity index (χ1) is 12.1. The Morgan fingerprint density at radius 1 is 1.28 bits per heavy atom. The summed E-state index contributed by atoms with van der Waals surface area (Å²) in [4.78, 5) is 12.1. The minimum absolute atomic E-state index is 0.0491. The Morgan fingerprint density at radius 2 is 2.08 bits per heavy atom. The van der Waals surface area contributed by atoms with Gasteiger partial charge in [-0.1, -0.05) is 41.9 Å². The molecule has 128 valence electrons. The van der Waals surface area contributed by atoms with Crippen LogP contribution < -0.4 is 5.73 Å². The van der Waals surface area contributed by atoms with E-state index in [0.717, 1.165) is 5.56 Å². The van der Waals surface area contributed by atoms with E-state index in [9.17, 15) is 4.39 Å². The molecule has 3 aromatic rings. The molecular weight excluding hydrogens is 345 g/mol. The van der Waals surface area contributed by atoms with E-state index in [1.165, 1.54) is 6.33 Å². The van der Waals surface area contributed by atoms with E-state index in [0.29, 0.717) is 30.0 Å². The zero-order chi connectivity index (χ0) is 17.4. The van der Waals surface area contributed by atoms with Crippen molar-refractivity contribution in [2.24, 2.45) is 5.92 Å². The second kappa shape index (κ2) is 6.42. The number of nitrogen functional groups attached to an aromatic ring is 1. The third kappa shape index (κ3) is 3.20. The molecule has 2 aromatic heterocycles. The molecule has 0 aliphatic heterocycles. The number of benzene rings is 1. The Balaban J connectivity index is 1.46. The third-order valence-electron chi connectivity index (χ3n) is 4.08. The lowest BCUT2D eigenvalue weighted by Gasteiger charge is -2.02. The van der Waals surface area contributed by atoms with Crippen molar-refractivity contribution in [2.75, 3.05) is 12.3 Å². The summed E-state index contributed by atoms with van der Waals surface area (Å²) >= 11 is 5.99. The summed E-state index contributed by atoms with van der Waals surface area (Å²) in [7, 11) is 0. The fourth-order valence-corrected chi connectivity index (χ4v) is 2.90. The Kier molecular flexibility index (Phi) is 4.10. The van der Waals surface area contributed by atoms with Crippen LogP contribution in [0.5, 0.6) is 0 Å². The van der Waals surface area contributed by atoms with Crippen molar-refractivity contribution in [3.63, 3.8) is 0 Å². The molecule has 2 N–H and O–H groups in total. The van der Waals surface area contributed by atoms with E-state index in [2.05, 4.69) is 15.0 Å². The van der Waals surface area contributed by atoms with Gasteiger partial charge < -0.3 is 10.5 Å². The van der Waals surface area contributed by atoms with Gasteiger partial charge in [0, 0.05) is 12.1 Å². The summed E-state index contributed by atoms with van der Waals surface area (Å²) in [6.07, 6.45) is 2.16. The monoisotopic (exact) mass is 359 g/mol. The maximum atomic E-state index is 14.1. The van der Waals surface area contributed by atoms with Gasteiger partial charge in [0.25, 0.3) is 0 Å². The summed E-state index contributed by atoms with van der Waals surface area (Å²) in [5.74, 6) is -0.205.